The van der Waals surface area contributed by atoms with Crippen molar-refractivity contribution in [3.05, 3.63) is 59.3 Å². The third-order valence-electron chi connectivity index (χ3n) is 5.88. The van der Waals surface area contributed by atoms with Gasteiger partial charge < -0.3 is 19.3 Å². The SMILES string of the molecule is Cc1cc(C2CCN(C)CC2)cc2cn(Cc3ccc(OC(F)(F)F)cc3)c(O)c12. The number of ether oxygens (including phenoxy) is 1. The van der Waals surface area contributed by atoms with Crippen LogP contribution in [0.5, 0.6) is 11.6 Å². The van der Waals surface area contributed by atoms with Crippen molar-refractivity contribution < 1.29 is 23.0 Å². The maximum absolute atomic E-state index is 12.3. The maximum atomic E-state index is 12.3. The molecular weight excluding hydrogens is 393 g/mol. The number of rotatable bonds is 4. The van der Waals surface area contributed by atoms with Gasteiger partial charge in [-0.05, 0) is 80.7 Å². The number of aryl methyl sites for hydroxylation is 1. The lowest BCUT2D eigenvalue weighted by molar-refractivity contribution is -0.274. The van der Waals surface area contributed by atoms with Gasteiger partial charge in [-0.15, -0.1) is 13.2 Å². The first-order valence-electron chi connectivity index (χ1n) is 10.0. The van der Waals surface area contributed by atoms with Gasteiger partial charge in [0.15, 0.2) is 5.88 Å². The number of benzene rings is 2. The molecule has 160 valence electrons. The number of alkyl halides is 3. The average Bonchev–Trinajstić information content (AvgIpc) is 2.98. The molecule has 0 aliphatic carbocycles. The van der Waals surface area contributed by atoms with Gasteiger partial charge in [-0.1, -0.05) is 18.2 Å². The molecule has 3 aromatic rings. The van der Waals surface area contributed by atoms with E-state index in [-0.39, 0.29) is 11.6 Å². The zero-order valence-corrected chi connectivity index (χ0v) is 17.0. The molecule has 1 aliphatic heterocycles. The zero-order chi connectivity index (χ0) is 21.5. The molecule has 7 heteroatoms. The van der Waals surface area contributed by atoms with Gasteiger partial charge in [-0.3, -0.25) is 0 Å². The van der Waals surface area contributed by atoms with Gasteiger partial charge in [0.25, 0.3) is 0 Å². The van der Waals surface area contributed by atoms with E-state index in [1.807, 2.05) is 13.1 Å². The lowest BCUT2D eigenvalue weighted by Crippen LogP contribution is -2.29. The van der Waals surface area contributed by atoms with Crippen LogP contribution >= 0.6 is 0 Å². The molecule has 0 radical (unpaired) electrons. The molecular formula is C23H25F3N2O2. The second-order valence-electron chi connectivity index (χ2n) is 8.15. The van der Waals surface area contributed by atoms with E-state index in [0.29, 0.717) is 12.5 Å². The molecule has 0 atom stereocenters. The summed E-state index contributed by atoms with van der Waals surface area (Å²) >= 11 is 0. The number of hydrogen-bond acceptors (Lipinski definition) is 3. The molecule has 0 spiro atoms. The number of aromatic nitrogens is 1. The molecule has 1 saturated heterocycles. The van der Waals surface area contributed by atoms with E-state index in [9.17, 15) is 18.3 Å². The largest absolute Gasteiger partial charge is 0.573 e. The highest BCUT2D eigenvalue weighted by Crippen LogP contribution is 2.36. The quantitative estimate of drug-likeness (QED) is 0.616. The Kier molecular flexibility index (Phi) is 5.40. The van der Waals surface area contributed by atoms with Gasteiger partial charge in [-0.2, -0.15) is 0 Å². The topological polar surface area (TPSA) is 37.6 Å². The Morgan fingerprint density at radius 2 is 1.77 bits per heavy atom. The summed E-state index contributed by atoms with van der Waals surface area (Å²) in [5.41, 5.74) is 3.11. The number of fused-ring (bicyclic) bond motifs is 1. The summed E-state index contributed by atoms with van der Waals surface area (Å²) in [6.07, 6.45) is -0.544. The Hall–Kier alpha value is -2.67. The molecule has 2 aromatic carbocycles. The average molecular weight is 418 g/mol. The molecule has 0 unspecified atom stereocenters. The van der Waals surface area contributed by atoms with Gasteiger partial charge in [-0.25, -0.2) is 0 Å². The van der Waals surface area contributed by atoms with Crippen molar-refractivity contribution in [3.8, 4) is 11.6 Å². The second kappa shape index (κ2) is 7.87. The first-order chi connectivity index (χ1) is 14.2. The van der Waals surface area contributed by atoms with E-state index >= 15 is 0 Å². The fraction of sp³-hybridized carbons (Fsp3) is 0.391. The highest BCUT2D eigenvalue weighted by molar-refractivity contribution is 5.91. The molecule has 0 amide bonds. The number of aromatic hydroxyl groups is 1. The van der Waals surface area contributed by atoms with Crippen LogP contribution in [0.3, 0.4) is 0 Å². The van der Waals surface area contributed by atoms with Crippen molar-refractivity contribution in [2.45, 2.75) is 38.6 Å². The van der Waals surface area contributed by atoms with Gasteiger partial charge in [0, 0.05) is 17.0 Å². The number of likely N-dealkylation sites (tertiary alicyclic amines) is 1. The Morgan fingerprint density at radius 1 is 1.10 bits per heavy atom. The van der Waals surface area contributed by atoms with Crippen molar-refractivity contribution in [2.24, 2.45) is 0 Å². The van der Waals surface area contributed by atoms with Crippen LogP contribution < -0.4 is 4.74 Å². The van der Waals surface area contributed by atoms with Crippen LogP contribution in [-0.4, -0.2) is 41.1 Å². The van der Waals surface area contributed by atoms with Crippen LogP contribution in [0.1, 0.15) is 35.4 Å². The van der Waals surface area contributed by atoms with E-state index in [4.69, 9.17) is 0 Å². The first kappa shape index (κ1) is 20.6. The molecule has 4 nitrogen and oxygen atoms in total. The minimum Gasteiger partial charge on any atom is -0.494 e. The Labute approximate surface area is 173 Å². The molecule has 2 heterocycles. The van der Waals surface area contributed by atoms with E-state index in [2.05, 4.69) is 28.8 Å². The third-order valence-corrected chi connectivity index (χ3v) is 5.88. The molecule has 4 rings (SSSR count). The summed E-state index contributed by atoms with van der Waals surface area (Å²) < 4.78 is 42.6. The summed E-state index contributed by atoms with van der Waals surface area (Å²) in [4.78, 5) is 2.34. The van der Waals surface area contributed by atoms with Crippen LogP contribution in [0.25, 0.3) is 10.8 Å². The minimum atomic E-state index is -4.71. The highest BCUT2D eigenvalue weighted by Gasteiger charge is 2.31. The van der Waals surface area contributed by atoms with E-state index in [1.165, 1.54) is 17.7 Å². The van der Waals surface area contributed by atoms with Crippen LogP contribution in [0.15, 0.2) is 42.6 Å². The van der Waals surface area contributed by atoms with Crippen molar-refractivity contribution in [3.63, 3.8) is 0 Å². The lowest BCUT2D eigenvalue weighted by Gasteiger charge is -2.29. The monoisotopic (exact) mass is 418 g/mol. The normalized spacial score (nSPS) is 16.3. The minimum absolute atomic E-state index is 0.174. The molecule has 0 saturated carbocycles. The fourth-order valence-electron chi connectivity index (χ4n) is 4.31. The predicted molar refractivity (Wildman–Crippen MR) is 110 cm³/mol. The lowest BCUT2D eigenvalue weighted by atomic mass is 9.88. The Bertz CT molecular complexity index is 1030. The number of nitrogens with zero attached hydrogens (tertiary/aromatic N) is 2. The summed E-state index contributed by atoms with van der Waals surface area (Å²) in [7, 11) is 2.14. The smallest absolute Gasteiger partial charge is 0.494 e. The second-order valence-corrected chi connectivity index (χ2v) is 8.15. The Balaban J connectivity index is 1.58. The van der Waals surface area contributed by atoms with E-state index < -0.39 is 6.36 Å². The van der Waals surface area contributed by atoms with Crippen molar-refractivity contribution in [2.75, 3.05) is 20.1 Å². The molecule has 0 bridgehead atoms. The van der Waals surface area contributed by atoms with Crippen LogP contribution in [0.4, 0.5) is 13.2 Å². The molecule has 1 aliphatic rings. The van der Waals surface area contributed by atoms with Crippen molar-refractivity contribution in [1.29, 1.82) is 0 Å². The molecule has 30 heavy (non-hydrogen) atoms. The zero-order valence-electron chi connectivity index (χ0n) is 17.0. The van der Waals surface area contributed by atoms with Crippen molar-refractivity contribution in [1.82, 2.24) is 9.47 Å². The van der Waals surface area contributed by atoms with Crippen LogP contribution in [-0.2, 0) is 6.54 Å². The van der Waals surface area contributed by atoms with Gasteiger partial charge in [0.1, 0.15) is 5.75 Å². The van der Waals surface area contributed by atoms with E-state index in [0.717, 1.165) is 47.8 Å². The summed E-state index contributed by atoms with van der Waals surface area (Å²) in [6, 6.07) is 10.0. The number of piperidine rings is 1. The van der Waals surface area contributed by atoms with Crippen LogP contribution in [0, 0.1) is 6.92 Å². The maximum Gasteiger partial charge on any atom is 0.573 e. The van der Waals surface area contributed by atoms with E-state index in [1.54, 1.807) is 16.7 Å². The highest BCUT2D eigenvalue weighted by atomic mass is 19.4. The van der Waals surface area contributed by atoms with Gasteiger partial charge in [0.05, 0.1) is 6.54 Å². The number of halogens is 3. The molecule has 1 N–H and O–H groups in total. The third kappa shape index (κ3) is 4.41. The molecule has 1 aromatic heterocycles. The Morgan fingerprint density at radius 3 is 2.40 bits per heavy atom. The predicted octanol–water partition coefficient (Wildman–Crippen LogP) is 5.41. The first-order valence-corrected chi connectivity index (χ1v) is 10.0. The summed E-state index contributed by atoms with van der Waals surface area (Å²) in [5.74, 6) is 0.441. The molecule has 1 fully saturated rings. The van der Waals surface area contributed by atoms with Crippen molar-refractivity contribution >= 4 is 10.8 Å². The van der Waals surface area contributed by atoms with Crippen LogP contribution in [0.2, 0.25) is 0 Å². The van der Waals surface area contributed by atoms with Gasteiger partial charge >= 0.3 is 6.36 Å². The summed E-state index contributed by atoms with van der Waals surface area (Å²) in [5, 5.41) is 12.6. The summed E-state index contributed by atoms with van der Waals surface area (Å²) in [6.45, 7) is 4.54. The van der Waals surface area contributed by atoms with Gasteiger partial charge in [0.2, 0.25) is 0 Å². The fourth-order valence-corrected chi connectivity index (χ4v) is 4.31. The standard InChI is InChI=1S/C23H25F3N2O2/c1-15-11-18(17-7-9-27(2)10-8-17)12-19-14-28(22(29)21(15)19)13-16-3-5-20(6-4-16)30-23(24,25)26/h3-6,11-12,14,17,29H,7-10,13H2,1-2H3. The number of hydrogen-bond donors (Lipinski definition) is 1.